The van der Waals surface area contributed by atoms with Crippen molar-refractivity contribution in [3.05, 3.63) is 22.4 Å². The van der Waals surface area contributed by atoms with Crippen LogP contribution in [0, 0.1) is 0 Å². The Morgan fingerprint density at radius 3 is 3.15 bits per heavy atom. The van der Waals surface area contributed by atoms with Crippen LogP contribution < -0.4 is 11.3 Å². The molecule has 0 unspecified atom stereocenters. The highest BCUT2D eigenvalue weighted by molar-refractivity contribution is 7.09. The molecule has 0 radical (unpaired) electrons. The van der Waals surface area contributed by atoms with Crippen LogP contribution in [0.3, 0.4) is 0 Å². The van der Waals surface area contributed by atoms with Gasteiger partial charge >= 0.3 is 0 Å². The van der Waals surface area contributed by atoms with Crippen molar-refractivity contribution in [2.24, 2.45) is 5.84 Å². The van der Waals surface area contributed by atoms with Gasteiger partial charge in [-0.3, -0.25) is 10.2 Å². The number of hydrogen-bond acceptors (Lipinski definition) is 4. The van der Waals surface area contributed by atoms with Crippen LogP contribution in [0.1, 0.15) is 4.88 Å². The number of nitrogens with two attached hydrogens (primary N) is 1. The van der Waals surface area contributed by atoms with E-state index in [-0.39, 0.29) is 12.5 Å². The first kappa shape index (κ1) is 10.2. The molecule has 72 valence electrons. The Kier molecular flexibility index (Phi) is 4.45. The fourth-order valence-corrected chi connectivity index (χ4v) is 1.52. The van der Waals surface area contributed by atoms with Crippen molar-refractivity contribution in [3.8, 4) is 0 Å². The number of carbonyl (C=O) groups excluding carboxylic acids is 1. The van der Waals surface area contributed by atoms with Gasteiger partial charge in [0.2, 0.25) is 0 Å². The molecule has 0 spiro atoms. The predicted molar refractivity (Wildman–Crippen MR) is 51.2 cm³/mol. The van der Waals surface area contributed by atoms with Crippen molar-refractivity contribution >= 4 is 17.2 Å². The van der Waals surface area contributed by atoms with E-state index in [0.29, 0.717) is 6.61 Å². The van der Waals surface area contributed by atoms with Gasteiger partial charge in [0.1, 0.15) is 6.61 Å². The first-order chi connectivity index (χ1) is 6.33. The number of thiophene rings is 1. The van der Waals surface area contributed by atoms with Gasteiger partial charge in [-0.15, -0.1) is 11.3 Å². The summed E-state index contributed by atoms with van der Waals surface area (Å²) < 4.78 is 5.07. The third-order valence-electron chi connectivity index (χ3n) is 1.47. The second-order valence-electron chi connectivity index (χ2n) is 2.45. The van der Waals surface area contributed by atoms with Gasteiger partial charge < -0.3 is 4.74 Å². The van der Waals surface area contributed by atoms with Crippen LogP contribution in [0.5, 0.6) is 0 Å². The monoisotopic (exact) mass is 200 g/mol. The van der Waals surface area contributed by atoms with Crippen molar-refractivity contribution < 1.29 is 9.53 Å². The Labute approximate surface area is 80.7 Å². The van der Waals surface area contributed by atoms with Crippen LogP contribution in [0.4, 0.5) is 0 Å². The zero-order chi connectivity index (χ0) is 9.52. The van der Waals surface area contributed by atoms with E-state index in [2.05, 4.69) is 0 Å². The molecule has 4 nitrogen and oxygen atoms in total. The summed E-state index contributed by atoms with van der Waals surface area (Å²) in [6.45, 7) is 0.579. The molecule has 0 bridgehead atoms. The van der Waals surface area contributed by atoms with E-state index in [4.69, 9.17) is 10.6 Å². The highest BCUT2D eigenvalue weighted by Crippen LogP contribution is 2.08. The minimum Gasteiger partial charge on any atom is -0.371 e. The lowest BCUT2D eigenvalue weighted by molar-refractivity contribution is -0.125. The van der Waals surface area contributed by atoms with Gasteiger partial charge in [0.15, 0.2) is 0 Å². The molecule has 3 N–H and O–H groups in total. The zero-order valence-corrected chi connectivity index (χ0v) is 7.97. The van der Waals surface area contributed by atoms with E-state index in [1.807, 2.05) is 22.9 Å². The Morgan fingerprint density at radius 2 is 2.54 bits per heavy atom. The largest absolute Gasteiger partial charge is 0.371 e. The van der Waals surface area contributed by atoms with E-state index < -0.39 is 0 Å². The average molecular weight is 200 g/mol. The maximum atomic E-state index is 10.6. The molecule has 0 aliphatic heterocycles. The molecule has 5 heteroatoms. The van der Waals surface area contributed by atoms with E-state index in [1.54, 1.807) is 11.3 Å². The van der Waals surface area contributed by atoms with Crippen LogP contribution in [0.25, 0.3) is 0 Å². The zero-order valence-electron chi connectivity index (χ0n) is 7.16. The van der Waals surface area contributed by atoms with Crippen LogP contribution in [-0.4, -0.2) is 19.1 Å². The van der Waals surface area contributed by atoms with Gasteiger partial charge in [-0.25, -0.2) is 5.84 Å². The van der Waals surface area contributed by atoms with E-state index in [1.165, 1.54) is 4.88 Å². The predicted octanol–water partition coefficient (Wildman–Crippen LogP) is 0.297. The summed E-state index contributed by atoms with van der Waals surface area (Å²) in [7, 11) is 0. The highest BCUT2D eigenvalue weighted by atomic mass is 32.1. The summed E-state index contributed by atoms with van der Waals surface area (Å²) >= 11 is 1.68. The van der Waals surface area contributed by atoms with E-state index in [9.17, 15) is 4.79 Å². The van der Waals surface area contributed by atoms with Gasteiger partial charge in [-0.1, -0.05) is 6.07 Å². The molecular formula is C8H12N2O2S. The Balaban J connectivity index is 2.05. The molecule has 0 aromatic carbocycles. The third kappa shape index (κ3) is 4.02. The van der Waals surface area contributed by atoms with Crippen LogP contribution in [0.15, 0.2) is 17.5 Å². The number of carbonyl (C=O) groups is 1. The molecule has 1 aromatic rings. The summed E-state index contributed by atoms with van der Waals surface area (Å²) in [6.07, 6.45) is 0.843. The molecule has 0 aliphatic rings. The SMILES string of the molecule is NNC(=O)COCCc1cccs1. The summed E-state index contributed by atoms with van der Waals surface area (Å²) in [6, 6.07) is 4.03. The summed E-state index contributed by atoms with van der Waals surface area (Å²) in [4.78, 5) is 11.9. The number of amides is 1. The van der Waals surface area contributed by atoms with E-state index in [0.717, 1.165) is 6.42 Å². The van der Waals surface area contributed by atoms with Crippen molar-refractivity contribution in [1.29, 1.82) is 0 Å². The van der Waals surface area contributed by atoms with Gasteiger partial charge in [-0.2, -0.15) is 0 Å². The lowest BCUT2D eigenvalue weighted by atomic mass is 10.4. The van der Waals surface area contributed by atoms with Crippen molar-refractivity contribution in [2.75, 3.05) is 13.2 Å². The molecule has 1 aromatic heterocycles. The number of rotatable bonds is 5. The second-order valence-corrected chi connectivity index (χ2v) is 3.48. The quantitative estimate of drug-likeness (QED) is 0.311. The molecule has 1 heterocycles. The third-order valence-corrected chi connectivity index (χ3v) is 2.40. The Hall–Kier alpha value is -0.910. The minimum absolute atomic E-state index is 0.0296. The molecule has 0 aliphatic carbocycles. The second kappa shape index (κ2) is 5.69. The van der Waals surface area contributed by atoms with Gasteiger partial charge in [0.05, 0.1) is 6.61 Å². The van der Waals surface area contributed by atoms with Gasteiger partial charge in [-0.05, 0) is 11.4 Å². The minimum atomic E-state index is -0.300. The molecule has 1 amide bonds. The van der Waals surface area contributed by atoms with Gasteiger partial charge in [0, 0.05) is 11.3 Å². The fourth-order valence-electron chi connectivity index (χ4n) is 0.834. The molecule has 0 atom stereocenters. The molecule has 1 rings (SSSR count). The number of hydrazine groups is 1. The summed E-state index contributed by atoms with van der Waals surface area (Å²) in [5.74, 6) is 4.57. The maximum absolute atomic E-state index is 10.6. The van der Waals surface area contributed by atoms with Crippen LogP contribution in [-0.2, 0) is 16.0 Å². The average Bonchev–Trinajstić information content (AvgIpc) is 2.64. The summed E-state index contributed by atoms with van der Waals surface area (Å²) in [5.41, 5.74) is 2.00. The molecule has 0 fully saturated rings. The maximum Gasteiger partial charge on any atom is 0.259 e. The number of nitrogens with one attached hydrogen (secondary N) is 1. The topological polar surface area (TPSA) is 64.3 Å². The standard InChI is InChI=1S/C8H12N2O2S/c9-10-8(11)6-12-4-3-7-2-1-5-13-7/h1-2,5H,3-4,6,9H2,(H,10,11). The molecular weight excluding hydrogens is 188 g/mol. The lowest BCUT2D eigenvalue weighted by Gasteiger charge is -2.01. The van der Waals surface area contributed by atoms with Crippen molar-refractivity contribution in [2.45, 2.75) is 6.42 Å². The van der Waals surface area contributed by atoms with Crippen LogP contribution >= 0.6 is 11.3 Å². The first-order valence-electron chi connectivity index (χ1n) is 3.92. The molecule has 0 saturated heterocycles. The lowest BCUT2D eigenvalue weighted by Crippen LogP contribution is -2.33. The van der Waals surface area contributed by atoms with Crippen molar-refractivity contribution in [3.63, 3.8) is 0 Å². The normalized spacial score (nSPS) is 9.92. The molecule has 13 heavy (non-hydrogen) atoms. The summed E-state index contributed by atoms with van der Waals surface area (Å²) in [5, 5.41) is 2.02. The van der Waals surface area contributed by atoms with Gasteiger partial charge in [0.25, 0.3) is 5.91 Å². The smallest absolute Gasteiger partial charge is 0.259 e. The fraction of sp³-hybridized carbons (Fsp3) is 0.375. The van der Waals surface area contributed by atoms with E-state index >= 15 is 0 Å². The number of hydrogen-bond donors (Lipinski definition) is 2. The van der Waals surface area contributed by atoms with Crippen LogP contribution in [0.2, 0.25) is 0 Å². The highest BCUT2D eigenvalue weighted by Gasteiger charge is 1.98. The molecule has 0 saturated carbocycles. The van der Waals surface area contributed by atoms with Crippen molar-refractivity contribution in [1.82, 2.24) is 5.43 Å². The number of ether oxygens (including phenoxy) is 1. The Morgan fingerprint density at radius 1 is 1.69 bits per heavy atom. The Bertz CT molecular complexity index is 249. The first-order valence-corrected chi connectivity index (χ1v) is 4.80.